The van der Waals surface area contributed by atoms with Gasteiger partial charge in [-0.15, -0.1) is 0 Å². The molecule has 0 unspecified atom stereocenters. The predicted molar refractivity (Wildman–Crippen MR) is 78.8 cm³/mol. The normalized spacial score (nSPS) is 20.3. The summed E-state index contributed by atoms with van der Waals surface area (Å²) < 4.78 is 22.6. The van der Waals surface area contributed by atoms with Crippen LogP contribution in [0.2, 0.25) is 0 Å². The highest BCUT2D eigenvalue weighted by atomic mass is 19.1. The zero-order chi connectivity index (χ0) is 16.4. The van der Waals surface area contributed by atoms with Crippen molar-refractivity contribution in [2.75, 3.05) is 13.3 Å². The van der Waals surface area contributed by atoms with Crippen LogP contribution in [-0.2, 0) is 4.74 Å². The quantitative estimate of drug-likeness (QED) is 0.599. The molecule has 122 valence electrons. The van der Waals surface area contributed by atoms with Gasteiger partial charge in [-0.3, -0.25) is 10.1 Å². The van der Waals surface area contributed by atoms with E-state index < -0.39 is 11.6 Å². The van der Waals surface area contributed by atoms with E-state index in [0.29, 0.717) is 22.8 Å². The largest absolute Gasteiger partial charge is 0.375 e. The van der Waals surface area contributed by atoms with Crippen LogP contribution in [0.15, 0.2) is 22.7 Å². The molecule has 1 heterocycles. The Morgan fingerprint density at radius 1 is 1.48 bits per heavy atom. The fraction of sp³-hybridized carbons (Fsp3) is 0.467. The van der Waals surface area contributed by atoms with Crippen LogP contribution in [0.1, 0.15) is 30.2 Å². The maximum Gasteiger partial charge on any atom is 0.273 e. The first-order valence-electron chi connectivity index (χ1n) is 7.35. The molecule has 0 bridgehead atoms. The van der Waals surface area contributed by atoms with E-state index in [-0.39, 0.29) is 24.3 Å². The molecule has 0 atom stereocenters. The van der Waals surface area contributed by atoms with Crippen LogP contribution in [0.4, 0.5) is 10.1 Å². The lowest BCUT2D eigenvalue weighted by Crippen LogP contribution is -2.30. The number of hydrogen-bond acceptors (Lipinski definition) is 6. The number of hydrogen-bond donors (Lipinski definition) is 0. The summed E-state index contributed by atoms with van der Waals surface area (Å²) in [7, 11) is 0. The molecular weight excluding hydrogens is 305 g/mol. The molecule has 1 aliphatic rings. The van der Waals surface area contributed by atoms with Crippen LogP contribution >= 0.6 is 0 Å². The van der Waals surface area contributed by atoms with Crippen LogP contribution in [-0.4, -0.2) is 34.4 Å². The molecular formula is C15H16FN3O4. The van der Waals surface area contributed by atoms with Crippen molar-refractivity contribution in [1.82, 2.24) is 10.1 Å². The van der Waals surface area contributed by atoms with Gasteiger partial charge in [0, 0.05) is 23.1 Å². The fourth-order valence-electron chi connectivity index (χ4n) is 2.58. The second kappa shape index (κ2) is 6.41. The molecule has 0 saturated heterocycles. The van der Waals surface area contributed by atoms with E-state index in [0.717, 1.165) is 12.8 Å². The van der Waals surface area contributed by atoms with Gasteiger partial charge in [0.2, 0.25) is 11.7 Å². The number of ether oxygens (including phenoxy) is 1. The number of nitro benzene ring substituents is 1. The van der Waals surface area contributed by atoms with Crippen molar-refractivity contribution >= 4 is 5.69 Å². The Morgan fingerprint density at radius 3 is 2.96 bits per heavy atom. The highest BCUT2D eigenvalue weighted by Gasteiger charge is 2.35. The molecule has 0 N–H and O–H groups in total. The first-order chi connectivity index (χ1) is 11.1. The van der Waals surface area contributed by atoms with Gasteiger partial charge >= 0.3 is 0 Å². The highest BCUT2D eigenvalue weighted by molar-refractivity contribution is 5.60. The lowest BCUT2D eigenvalue weighted by molar-refractivity contribution is -0.385. The van der Waals surface area contributed by atoms with Crippen molar-refractivity contribution in [1.29, 1.82) is 0 Å². The highest BCUT2D eigenvalue weighted by Crippen LogP contribution is 2.38. The summed E-state index contributed by atoms with van der Waals surface area (Å²) in [5.41, 5.74) is 1.15. The molecule has 7 nitrogen and oxygen atoms in total. The molecule has 0 radical (unpaired) electrons. The van der Waals surface area contributed by atoms with Crippen molar-refractivity contribution in [3.05, 3.63) is 39.8 Å². The Bertz CT molecular complexity index is 712. The summed E-state index contributed by atoms with van der Waals surface area (Å²) in [6, 6.07) is 4.83. The van der Waals surface area contributed by atoms with Crippen molar-refractivity contribution in [2.45, 2.75) is 31.8 Å². The minimum atomic E-state index is -0.488. The van der Waals surface area contributed by atoms with E-state index in [1.807, 2.05) is 0 Å². The molecule has 1 fully saturated rings. The summed E-state index contributed by atoms with van der Waals surface area (Å²) in [6.45, 7) is 1.30. The smallest absolute Gasteiger partial charge is 0.273 e. The van der Waals surface area contributed by atoms with Gasteiger partial charge in [0.05, 0.1) is 17.6 Å². The van der Waals surface area contributed by atoms with Gasteiger partial charge in [-0.05, 0) is 19.8 Å². The van der Waals surface area contributed by atoms with E-state index in [9.17, 15) is 14.5 Å². The van der Waals surface area contributed by atoms with Crippen LogP contribution in [0, 0.1) is 17.0 Å². The Hall–Kier alpha value is -2.35. The molecule has 1 saturated carbocycles. The van der Waals surface area contributed by atoms with Crippen molar-refractivity contribution in [2.24, 2.45) is 0 Å². The third-order valence-corrected chi connectivity index (χ3v) is 3.98. The van der Waals surface area contributed by atoms with E-state index in [1.54, 1.807) is 19.1 Å². The second-order valence-electron chi connectivity index (χ2n) is 5.56. The standard InChI is InChI=1S/C15H16FN3O4/c1-9-2-3-10(8-13(9)19(20)21)14-17-15(23-18-14)11-6-12(7-11)22-5-4-16/h2-3,8,11-12H,4-7H2,1H3. The number of halogens is 1. The van der Waals surface area contributed by atoms with Crippen molar-refractivity contribution < 1.29 is 18.6 Å². The van der Waals surface area contributed by atoms with E-state index >= 15 is 0 Å². The summed E-state index contributed by atoms with van der Waals surface area (Å²) in [4.78, 5) is 14.9. The van der Waals surface area contributed by atoms with Crippen LogP contribution < -0.4 is 0 Å². The molecule has 3 rings (SSSR count). The number of aromatic nitrogens is 2. The summed E-state index contributed by atoms with van der Waals surface area (Å²) in [5, 5.41) is 14.9. The van der Waals surface area contributed by atoms with E-state index in [4.69, 9.17) is 9.26 Å². The SMILES string of the molecule is Cc1ccc(-c2noc(C3CC(OCCF)C3)n2)cc1[N+](=O)[O-]. The van der Waals surface area contributed by atoms with Gasteiger partial charge in [0.25, 0.3) is 5.69 Å². The molecule has 1 aromatic heterocycles. The molecule has 23 heavy (non-hydrogen) atoms. The zero-order valence-electron chi connectivity index (χ0n) is 12.6. The maximum atomic E-state index is 12.0. The summed E-state index contributed by atoms with van der Waals surface area (Å²) >= 11 is 0. The number of rotatable bonds is 6. The molecule has 1 aromatic carbocycles. The first kappa shape index (κ1) is 15.5. The lowest BCUT2D eigenvalue weighted by atomic mass is 9.82. The summed E-state index contributed by atoms with van der Waals surface area (Å²) in [5.74, 6) is 0.917. The molecule has 2 aromatic rings. The number of nitro groups is 1. The Morgan fingerprint density at radius 2 is 2.26 bits per heavy atom. The van der Waals surface area contributed by atoms with Gasteiger partial charge in [-0.1, -0.05) is 17.3 Å². The summed E-state index contributed by atoms with van der Waals surface area (Å²) in [6.07, 6.45) is 1.47. The first-order valence-corrected chi connectivity index (χ1v) is 7.35. The van der Waals surface area contributed by atoms with Crippen LogP contribution in [0.25, 0.3) is 11.4 Å². The van der Waals surface area contributed by atoms with Gasteiger partial charge < -0.3 is 9.26 Å². The average Bonchev–Trinajstić information content (AvgIpc) is 2.95. The molecule has 0 aliphatic heterocycles. The maximum absolute atomic E-state index is 12.0. The predicted octanol–water partition coefficient (Wildman–Crippen LogP) is 3.19. The van der Waals surface area contributed by atoms with E-state index in [2.05, 4.69) is 10.1 Å². The Labute approximate surface area is 131 Å². The molecule has 8 heteroatoms. The minimum Gasteiger partial charge on any atom is -0.375 e. The number of benzene rings is 1. The Kier molecular flexibility index (Phi) is 4.33. The van der Waals surface area contributed by atoms with Crippen molar-refractivity contribution in [3.8, 4) is 11.4 Å². The van der Waals surface area contributed by atoms with Gasteiger partial charge in [-0.25, -0.2) is 4.39 Å². The number of alkyl halides is 1. The number of aryl methyl sites for hydroxylation is 1. The molecule has 1 aliphatic carbocycles. The third-order valence-electron chi connectivity index (χ3n) is 3.98. The average molecular weight is 321 g/mol. The van der Waals surface area contributed by atoms with Gasteiger partial charge in [-0.2, -0.15) is 4.98 Å². The monoisotopic (exact) mass is 321 g/mol. The van der Waals surface area contributed by atoms with Gasteiger partial charge in [0.15, 0.2) is 0 Å². The fourth-order valence-corrected chi connectivity index (χ4v) is 2.58. The van der Waals surface area contributed by atoms with Crippen molar-refractivity contribution in [3.63, 3.8) is 0 Å². The number of nitrogens with zero attached hydrogens (tertiary/aromatic N) is 3. The van der Waals surface area contributed by atoms with Gasteiger partial charge in [0.1, 0.15) is 6.67 Å². The second-order valence-corrected chi connectivity index (χ2v) is 5.56. The third kappa shape index (κ3) is 3.21. The van der Waals surface area contributed by atoms with Crippen LogP contribution in [0.5, 0.6) is 0 Å². The lowest BCUT2D eigenvalue weighted by Gasteiger charge is -2.32. The molecule has 0 spiro atoms. The van der Waals surface area contributed by atoms with Crippen LogP contribution in [0.3, 0.4) is 0 Å². The van der Waals surface area contributed by atoms with E-state index in [1.165, 1.54) is 6.07 Å². The minimum absolute atomic E-state index is 0.0252. The molecule has 0 amide bonds. The zero-order valence-corrected chi connectivity index (χ0v) is 12.6. The topological polar surface area (TPSA) is 91.3 Å². The Balaban J connectivity index is 1.71.